The molecule has 3 rings (SSSR count). The quantitative estimate of drug-likeness (QED) is 0.275. The molecule has 7 nitrogen and oxygen atoms in total. The van der Waals surface area contributed by atoms with Crippen molar-refractivity contribution in [1.29, 1.82) is 0 Å². The number of nitrogens with one attached hydrogen (secondary N) is 1. The zero-order valence-corrected chi connectivity index (χ0v) is 15.0. The standard InChI is InChI=1S/C15H11F3N4O3S2/c16-15(17,18)9-7-10-13(21-22-20-10)11(8-9)25-14(23)24-5-6-26-27-12-3-1-2-4-19-12/h1-4,7-8H,5-6H2,(H,20,21,22). The van der Waals surface area contributed by atoms with E-state index in [1.165, 1.54) is 21.6 Å². The molecule has 2 aromatic heterocycles. The lowest BCUT2D eigenvalue weighted by Gasteiger charge is -2.10. The number of aromatic nitrogens is 4. The van der Waals surface area contributed by atoms with Crippen LogP contribution in [0.4, 0.5) is 18.0 Å². The summed E-state index contributed by atoms with van der Waals surface area (Å²) in [6.07, 6.45) is -4.07. The van der Waals surface area contributed by atoms with Gasteiger partial charge >= 0.3 is 12.3 Å². The number of hydrogen-bond acceptors (Lipinski definition) is 8. The van der Waals surface area contributed by atoms with Gasteiger partial charge in [0.2, 0.25) is 0 Å². The summed E-state index contributed by atoms with van der Waals surface area (Å²) in [6.45, 7) is 0.0181. The van der Waals surface area contributed by atoms with Gasteiger partial charge in [0, 0.05) is 11.9 Å². The molecular weight excluding hydrogens is 405 g/mol. The highest BCUT2D eigenvalue weighted by molar-refractivity contribution is 8.76. The third-order valence-corrected chi connectivity index (χ3v) is 5.31. The second kappa shape index (κ2) is 8.48. The number of carbonyl (C=O) groups is 1. The van der Waals surface area contributed by atoms with Crippen molar-refractivity contribution in [3.8, 4) is 5.75 Å². The van der Waals surface area contributed by atoms with E-state index in [1.54, 1.807) is 12.3 Å². The first kappa shape index (κ1) is 19.3. The molecule has 0 saturated heterocycles. The first-order valence-electron chi connectivity index (χ1n) is 7.40. The molecule has 0 aliphatic carbocycles. The Morgan fingerprint density at radius 3 is 2.85 bits per heavy atom. The summed E-state index contributed by atoms with van der Waals surface area (Å²) in [6, 6.07) is 7.00. The summed E-state index contributed by atoms with van der Waals surface area (Å²) in [5.74, 6) is 0.0623. The SMILES string of the molecule is O=C(OCCSSc1ccccn1)Oc1cc(C(F)(F)F)cc2[nH]nnc12. The zero-order valence-electron chi connectivity index (χ0n) is 13.4. The molecule has 0 radical (unpaired) electrons. The number of nitrogens with zero attached hydrogens (tertiary/aromatic N) is 3. The first-order valence-corrected chi connectivity index (χ1v) is 9.72. The maximum atomic E-state index is 12.9. The topological polar surface area (TPSA) is 90.0 Å². The Labute approximate surface area is 158 Å². The van der Waals surface area contributed by atoms with Crippen LogP contribution in [0.25, 0.3) is 11.0 Å². The number of carbonyl (C=O) groups excluding carboxylic acids is 1. The van der Waals surface area contributed by atoms with Crippen molar-refractivity contribution in [2.45, 2.75) is 11.2 Å². The van der Waals surface area contributed by atoms with Crippen LogP contribution in [-0.4, -0.2) is 38.9 Å². The number of H-pyrrole nitrogens is 1. The van der Waals surface area contributed by atoms with Gasteiger partial charge < -0.3 is 9.47 Å². The summed E-state index contributed by atoms with van der Waals surface area (Å²) >= 11 is 0. The van der Waals surface area contributed by atoms with Crippen LogP contribution in [-0.2, 0) is 10.9 Å². The Balaban J connectivity index is 1.54. The highest BCUT2D eigenvalue weighted by Gasteiger charge is 2.32. The predicted octanol–water partition coefficient (Wildman–Crippen LogP) is 4.33. The largest absolute Gasteiger partial charge is 0.513 e. The Hall–Kier alpha value is -2.47. The van der Waals surface area contributed by atoms with Crippen LogP contribution in [0.3, 0.4) is 0 Å². The van der Waals surface area contributed by atoms with Crippen LogP contribution in [0.15, 0.2) is 41.6 Å². The molecule has 0 bridgehead atoms. The fourth-order valence-electron chi connectivity index (χ4n) is 1.94. The van der Waals surface area contributed by atoms with E-state index in [0.29, 0.717) is 11.8 Å². The molecule has 12 heteroatoms. The average Bonchev–Trinajstić information content (AvgIpc) is 3.10. The highest BCUT2D eigenvalue weighted by Crippen LogP contribution is 2.35. The molecule has 0 saturated carbocycles. The second-order valence-electron chi connectivity index (χ2n) is 4.95. The number of ether oxygens (including phenoxy) is 2. The van der Waals surface area contributed by atoms with E-state index >= 15 is 0 Å². The van der Waals surface area contributed by atoms with Crippen molar-refractivity contribution in [2.24, 2.45) is 0 Å². The molecule has 0 amide bonds. The lowest BCUT2D eigenvalue weighted by molar-refractivity contribution is -0.137. The molecule has 1 N–H and O–H groups in total. The van der Waals surface area contributed by atoms with Gasteiger partial charge in [-0.15, -0.1) is 5.10 Å². The number of aromatic amines is 1. The monoisotopic (exact) mass is 416 g/mol. The molecule has 0 fully saturated rings. The van der Waals surface area contributed by atoms with Gasteiger partial charge in [-0.1, -0.05) is 22.1 Å². The van der Waals surface area contributed by atoms with Gasteiger partial charge in [-0.3, -0.25) is 5.10 Å². The predicted molar refractivity (Wildman–Crippen MR) is 93.4 cm³/mol. The van der Waals surface area contributed by atoms with Crippen LogP contribution in [0.2, 0.25) is 0 Å². The Kier molecular flexibility index (Phi) is 6.06. The van der Waals surface area contributed by atoms with Crippen LogP contribution in [0.1, 0.15) is 5.56 Å². The summed E-state index contributed by atoms with van der Waals surface area (Å²) in [4.78, 5) is 15.9. The molecule has 1 aromatic carbocycles. The van der Waals surface area contributed by atoms with E-state index in [-0.39, 0.29) is 23.4 Å². The number of fused-ring (bicyclic) bond motifs is 1. The molecule has 0 aliphatic heterocycles. The maximum absolute atomic E-state index is 12.9. The third kappa shape index (κ3) is 5.26. The number of rotatable bonds is 6. The van der Waals surface area contributed by atoms with Gasteiger partial charge in [-0.25, -0.2) is 9.78 Å². The normalized spacial score (nSPS) is 11.5. The Bertz CT molecular complexity index is 922. The molecule has 2 heterocycles. The average molecular weight is 416 g/mol. The minimum atomic E-state index is -4.61. The summed E-state index contributed by atoms with van der Waals surface area (Å²) in [5, 5.41) is 10.2. The van der Waals surface area contributed by atoms with Crippen LogP contribution in [0, 0.1) is 0 Å². The lowest BCUT2D eigenvalue weighted by atomic mass is 10.2. The zero-order chi connectivity index (χ0) is 19.3. The molecule has 27 heavy (non-hydrogen) atoms. The van der Waals surface area contributed by atoms with Crippen LogP contribution < -0.4 is 4.74 Å². The Morgan fingerprint density at radius 1 is 1.26 bits per heavy atom. The summed E-state index contributed by atoms with van der Waals surface area (Å²) in [7, 11) is 2.82. The fraction of sp³-hybridized carbons (Fsp3) is 0.200. The second-order valence-corrected chi connectivity index (χ2v) is 7.39. The van der Waals surface area contributed by atoms with E-state index in [0.717, 1.165) is 11.1 Å². The van der Waals surface area contributed by atoms with Gasteiger partial charge in [-0.2, -0.15) is 13.2 Å². The number of benzene rings is 1. The van der Waals surface area contributed by atoms with Crippen molar-refractivity contribution in [3.05, 3.63) is 42.1 Å². The van der Waals surface area contributed by atoms with E-state index < -0.39 is 17.9 Å². The molecule has 0 aliphatic rings. The number of pyridine rings is 1. The van der Waals surface area contributed by atoms with Gasteiger partial charge in [0.15, 0.2) is 11.3 Å². The maximum Gasteiger partial charge on any atom is 0.513 e. The molecular formula is C15H11F3N4O3S2. The van der Waals surface area contributed by atoms with Crippen LogP contribution >= 0.6 is 21.6 Å². The van der Waals surface area contributed by atoms with Gasteiger partial charge in [0.05, 0.1) is 11.1 Å². The fourth-order valence-corrected chi connectivity index (χ4v) is 3.65. The molecule has 142 valence electrons. The van der Waals surface area contributed by atoms with E-state index in [9.17, 15) is 18.0 Å². The van der Waals surface area contributed by atoms with Crippen molar-refractivity contribution in [1.82, 2.24) is 20.4 Å². The molecule has 0 spiro atoms. The first-order chi connectivity index (χ1) is 12.9. The van der Waals surface area contributed by atoms with Gasteiger partial charge in [-0.05, 0) is 35.1 Å². The van der Waals surface area contributed by atoms with E-state index in [4.69, 9.17) is 9.47 Å². The van der Waals surface area contributed by atoms with Crippen molar-refractivity contribution in [2.75, 3.05) is 12.4 Å². The van der Waals surface area contributed by atoms with Crippen LogP contribution in [0.5, 0.6) is 5.75 Å². The molecule has 0 atom stereocenters. The smallest absolute Gasteiger partial charge is 0.433 e. The van der Waals surface area contributed by atoms with Crippen molar-refractivity contribution >= 4 is 38.8 Å². The van der Waals surface area contributed by atoms with Crippen molar-refractivity contribution in [3.63, 3.8) is 0 Å². The molecule has 0 unspecified atom stereocenters. The van der Waals surface area contributed by atoms with E-state index in [1.807, 2.05) is 12.1 Å². The van der Waals surface area contributed by atoms with Gasteiger partial charge in [0.1, 0.15) is 11.6 Å². The number of alkyl halides is 3. The van der Waals surface area contributed by atoms with E-state index in [2.05, 4.69) is 20.4 Å². The van der Waals surface area contributed by atoms with Crippen molar-refractivity contribution < 1.29 is 27.4 Å². The van der Waals surface area contributed by atoms with Gasteiger partial charge in [0.25, 0.3) is 0 Å². The minimum Gasteiger partial charge on any atom is -0.433 e. The Morgan fingerprint density at radius 2 is 2.11 bits per heavy atom. The number of halogens is 3. The summed E-state index contributed by atoms with van der Waals surface area (Å²) in [5.41, 5.74) is -0.999. The lowest BCUT2D eigenvalue weighted by Crippen LogP contribution is -2.13. The highest BCUT2D eigenvalue weighted by atomic mass is 33.1. The minimum absolute atomic E-state index is 0.0000301. The number of hydrogen-bond donors (Lipinski definition) is 1. The summed E-state index contributed by atoms with van der Waals surface area (Å²) < 4.78 is 48.5. The molecule has 3 aromatic rings. The third-order valence-electron chi connectivity index (χ3n) is 3.08.